The number of hydrogen-bond donors (Lipinski definition) is 4. The molecule has 2 atom stereocenters. The summed E-state index contributed by atoms with van der Waals surface area (Å²) in [7, 11) is 0. The molecule has 0 aliphatic carbocycles. The Hall–Kier alpha value is -1.66. The van der Waals surface area contributed by atoms with E-state index in [2.05, 4.69) is 4.98 Å². The number of aromatic hydroxyl groups is 1. The average molecular weight is 212 g/mol. The van der Waals surface area contributed by atoms with Crippen LogP contribution in [0, 0.1) is 0 Å². The van der Waals surface area contributed by atoms with Gasteiger partial charge in [-0.15, -0.1) is 0 Å². The first-order chi connectivity index (χ1) is 7.00. The number of nitrogens with zero attached hydrogens (tertiary/aromatic N) is 1. The van der Waals surface area contributed by atoms with Gasteiger partial charge in [-0.05, 0) is 12.1 Å². The molecule has 0 saturated carbocycles. The van der Waals surface area contributed by atoms with Crippen LogP contribution >= 0.6 is 0 Å². The van der Waals surface area contributed by atoms with Gasteiger partial charge in [-0.25, -0.2) is 0 Å². The molecule has 5 N–H and O–H groups in total. The van der Waals surface area contributed by atoms with Crippen molar-refractivity contribution in [2.45, 2.75) is 18.6 Å². The summed E-state index contributed by atoms with van der Waals surface area (Å²) in [4.78, 5) is 14.2. The maximum absolute atomic E-state index is 10.5. The van der Waals surface area contributed by atoms with Gasteiger partial charge in [-0.2, -0.15) is 0 Å². The lowest BCUT2D eigenvalue weighted by atomic mass is 10.1. The Morgan fingerprint density at radius 1 is 1.47 bits per heavy atom. The maximum Gasteiger partial charge on any atom is 0.220 e. The van der Waals surface area contributed by atoms with Crippen molar-refractivity contribution in [2.24, 2.45) is 5.73 Å². The number of aliphatic hydroxyl groups excluding tert-OH is 2. The molecular formula is C9H12N2O4. The van der Waals surface area contributed by atoms with Gasteiger partial charge in [0.05, 0.1) is 24.4 Å². The lowest BCUT2D eigenvalue weighted by Crippen LogP contribution is -2.26. The molecule has 82 valence electrons. The summed E-state index contributed by atoms with van der Waals surface area (Å²) < 4.78 is 0. The molecule has 15 heavy (non-hydrogen) atoms. The van der Waals surface area contributed by atoms with E-state index in [1.807, 2.05) is 0 Å². The molecule has 0 aliphatic rings. The molecule has 6 heteroatoms. The van der Waals surface area contributed by atoms with Gasteiger partial charge in [0, 0.05) is 0 Å². The molecule has 0 bridgehead atoms. The SMILES string of the molecule is NC(=O)CC(O)C(O)c1ccc(O)cn1. The van der Waals surface area contributed by atoms with Crippen molar-refractivity contribution in [3.05, 3.63) is 24.0 Å². The third kappa shape index (κ3) is 3.19. The average Bonchev–Trinajstić information content (AvgIpc) is 2.17. The van der Waals surface area contributed by atoms with Crippen LogP contribution in [-0.4, -0.2) is 32.3 Å². The fourth-order valence-corrected chi connectivity index (χ4v) is 1.09. The predicted octanol–water partition coefficient (Wildman–Crippen LogP) is -0.943. The normalized spacial score (nSPS) is 14.5. The number of primary amides is 1. The molecule has 0 aromatic carbocycles. The molecule has 0 fully saturated rings. The molecule has 1 aromatic heterocycles. The summed E-state index contributed by atoms with van der Waals surface area (Å²) >= 11 is 0. The predicted molar refractivity (Wildman–Crippen MR) is 50.7 cm³/mol. The third-order valence-corrected chi connectivity index (χ3v) is 1.85. The van der Waals surface area contributed by atoms with Gasteiger partial charge in [-0.3, -0.25) is 9.78 Å². The first-order valence-corrected chi connectivity index (χ1v) is 4.30. The highest BCUT2D eigenvalue weighted by molar-refractivity contribution is 5.74. The number of aliphatic hydroxyl groups is 2. The van der Waals surface area contributed by atoms with Gasteiger partial charge in [-0.1, -0.05) is 0 Å². The first-order valence-electron chi connectivity index (χ1n) is 4.30. The Morgan fingerprint density at radius 3 is 2.60 bits per heavy atom. The van der Waals surface area contributed by atoms with E-state index in [9.17, 15) is 15.0 Å². The van der Waals surface area contributed by atoms with E-state index in [-0.39, 0.29) is 17.9 Å². The summed E-state index contributed by atoms with van der Waals surface area (Å²) in [6.07, 6.45) is -1.79. The molecule has 0 aliphatic heterocycles. The zero-order valence-electron chi connectivity index (χ0n) is 7.87. The summed E-state index contributed by atoms with van der Waals surface area (Å²) in [5.41, 5.74) is 5.03. The summed E-state index contributed by atoms with van der Waals surface area (Å²) in [5, 5.41) is 27.8. The second-order valence-corrected chi connectivity index (χ2v) is 3.12. The smallest absolute Gasteiger partial charge is 0.220 e. The Balaban J connectivity index is 2.71. The van der Waals surface area contributed by atoms with E-state index in [1.54, 1.807) is 0 Å². The Morgan fingerprint density at radius 2 is 2.13 bits per heavy atom. The largest absolute Gasteiger partial charge is 0.506 e. The second kappa shape index (κ2) is 4.72. The molecule has 1 aromatic rings. The van der Waals surface area contributed by atoms with Crippen LogP contribution in [0.3, 0.4) is 0 Å². The van der Waals surface area contributed by atoms with Gasteiger partial charge < -0.3 is 21.1 Å². The number of carbonyl (C=O) groups excluding carboxylic acids is 1. The minimum atomic E-state index is -1.29. The van der Waals surface area contributed by atoms with Gasteiger partial charge >= 0.3 is 0 Å². The molecule has 0 spiro atoms. The number of pyridine rings is 1. The topological polar surface area (TPSA) is 117 Å². The van der Waals surface area contributed by atoms with E-state index < -0.39 is 18.1 Å². The molecule has 2 unspecified atom stereocenters. The van der Waals surface area contributed by atoms with Crippen molar-refractivity contribution in [3.8, 4) is 5.75 Å². The molecule has 0 radical (unpaired) electrons. The van der Waals surface area contributed by atoms with Gasteiger partial charge in [0.15, 0.2) is 0 Å². The van der Waals surface area contributed by atoms with E-state index >= 15 is 0 Å². The number of rotatable bonds is 4. The standard InChI is InChI=1S/C9H12N2O4/c10-8(14)3-7(13)9(15)6-2-1-5(12)4-11-6/h1-2,4,7,9,12-13,15H,3H2,(H2,10,14). The van der Waals surface area contributed by atoms with Crippen LogP contribution in [0.2, 0.25) is 0 Å². The van der Waals surface area contributed by atoms with Gasteiger partial charge in [0.25, 0.3) is 0 Å². The quantitative estimate of drug-likeness (QED) is 0.513. The summed E-state index contributed by atoms with van der Waals surface area (Å²) in [5.74, 6) is -0.754. The summed E-state index contributed by atoms with van der Waals surface area (Å²) in [6, 6.07) is 2.67. The van der Waals surface area contributed by atoms with E-state index in [0.29, 0.717) is 0 Å². The van der Waals surface area contributed by atoms with Crippen LogP contribution in [0.4, 0.5) is 0 Å². The van der Waals surface area contributed by atoms with Crippen LogP contribution in [0.25, 0.3) is 0 Å². The maximum atomic E-state index is 10.5. The fraction of sp³-hybridized carbons (Fsp3) is 0.333. The highest BCUT2D eigenvalue weighted by Crippen LogP contribution is 2.18. The third-order valence-electron chi connectivity index (χ3n) is 1.85. The Kier molecular flexibility index (Phi) is 3.59. The monoisotopic (exact) mass is 212 g/mol. The number of hydrogen-bond acceptors (Lipinski definition) is 5. The van der Waals surface area contributed by atoms with Crippen LogP contribution in [0.5, 0.6) is 5.75 Å². The number of carbonyl (C=O) groups is 1. The Bertz CT molecular complexity index is 338. The minimum Gasteiger partial charge on any atom is -0.506 e. The molecule has 1 rings (SSSR count). The van der Waals surface area contributed by atoms with E-state index in [4.69, 9.17) is 10.8 Å². The highest BCUT2D eigenvalue weighted by Gasteiger charge is 2.21. The van der Waals surface area contributed by atoms with E-state index in [0.717, 1.165) is 6.20 Å². The molecule has 1 heterocycles. The van der Waals surface area contributed by atoms with Crippen molar-refractivity contribution in [1.82, 2.24) is 4.98 Å². The first kappa shape index (κ1) is 11.4. The number of nitrogens with two attached hydrogens (primary N) is 1. The minimum absolute atomic E-state index is 0.0460. The van der Waals surface area contributed by atoms with Crippen LogP contribution in [0.15, 0.2) is 18.3 Å². The number of amides is 1. The molecule has 1 amide bonds. The zero-order valence-corrected chi connectivity index (χ0v) is 7.87. The Labute approximate surface area is 86.0 Å². The highest BCUT2D eigenvalue weighted by atomic mass is 16.3. The molecule has 6 nitrogen and oxygen atoms in total. The van der Waals surface area contributed by atoms with Crippen molar-refractivity contribution in [1.29, 1.82) is 0 Å². The zero-order chi connectivity index (χ0) is 11.4. The fourth-order valence-electron chi connectivity index (χ4n) is 1.09. The van der Waals surface area contributed by atoms with Gasteiger partial charge in [0.1, 0.15) is 11.9 Å². The van der Waals surface area contributed by atoms with E-state index in [1.165, 1.54) is 12.1 Å². The lowest BCUT2D eigenvalue weighted by molar-refractivity contribution is -0.121. The summed E-state index contributed by atoms with van der Waals surface area (Å²) in [6.45, 7) is 0. The number of aromatic nitrogens is 1. The second-order valence-electron chi connectivity index (χ2n) is 3.12. The lowest BCUT2D eigenvalue weighted by Gasteiger charge is -2.15. The van der Waals surface area contributed by atoms with Crippen LogP contribution in [-0.2, 0) is 4.79 Å². The molecule has 0 saturated heterocycles. The van der Waals surface area contributed by atoms with Crippen molar-refractivity contribution >= 4 is 5.91 Å². The van der Waals surface area contributed by atoms with Crippen molar-refractivity contribution < 1.29 is 20.1 Å². The molecular weight excluding hydrogens is 200 g/mol. The van der Waals surface area contributed by atoms with Crippen LogP contribution in [0.1, 0.15) is 18.2 Å². The van der Waals surface area contributed by atoms with Crippen molar-refractivity contribution in [2.75, 3.05) is 0 Å². The van der Waals surface area contributed by atoms with Crippen LogP contribution < -0.4 is 5.73 Å². The van der Waals surface area contributed by atoms with Crippen molar-refractivity contribution in [3.63, 3.8) is 0 Å². The van der Waals surface area contributed by atoms with Gasteiger partial charge in [0.2, 0.25) is 5.91 Å².